The smallest absolute Gasteiger partial charge is 0.251 e. The fourth-order valence-electron chi connectivity index (χ4n) is 1.98. The molecule has 1 aromatic carbocycles. The van der Waals surface area contributed by atoms with Crippen molar-refractivity contribution in [3.63, 3.8) is 0 Å². The van der Waals surface area contributed by atoms with Crippen molar-refractivity contribution in [1.82, 2.24) is 0 Å². The Labute approximate surface area is 117 Å². The van der Waals surface area contributed by atoms with Gasteiger partial charge in [-0.3, -0.25) is 4.79 Å². The Balaban J connectivity index is 1.96. The van der Waals surface area contributed by atoms with E-state index in [4.69, 9.17) is 0 Å². The summed E-state index contributed by atoms with van der Waals surface area (Å²) in [6.07, 6.45) is 2.65. The van der Waals surface area contributed by atoms with E-state index in [0.29, 0.717) is 6.42 Å². The second kappa shape index (κ2) is 4.71. The summed E-state index contributed by atoms with van der Waals surface area (Å²) in [5.41, 5.74) is 2.90. The molecule has 0 aliphatic carbocycles. The molecule has 0 saturated carbocycles. The maximum Gasteiger partial charge on any atom is 0.251 e. The minimum absolute atomic E-state index is 0.00165. The van der Waals surface area contributed by atoms with Crippen LogP contribution in [-0.4, -0.2) is 5.91 Å². The number of para-hydroxylation sites is 1. The lowest BCUT2D eigenvalue weighted by Crippen LogP contribution is -2.21. The summed E-state index contributed by atoms with van der Waals surface area (Å²) in [7, 11) is 0. The van der Waals surface area contributed by atoms with E-state index in [-0.39, 0.29) is 5.91 Å². The van der Waals surface area contributed by atoms with E-state index in [1.165, 1.54) is 5.56 Å². The first-order valence-electron chi connectivity index (χ1n) is 5.56. The molecule has 18 heavy (non-hydrogen) atoms. The summed E-state index contributed by atoms with van der Waals surface area (Å²) in [5.74, 6) is -0.00165. The second-order valence-corrected chi connectivity index (χ2v) is 5.98. The van der Waals surface area contributed by atoms with Crippen LogP contribution in [0.1, 0.15) is 10.4 Å². The molecule has 0 atom stereocenters. The molecular weight excluding hydrogens is 310 g/mol. The third-order valence-electron chi connectivity index (χ3n) is 2.84. The zero-order chi connectivity index (χ0) is 12.5. The van der Waals surface area contributed by atoms with Crippen LogP contribution in [0.5, 0.6) is 0 Å². The molecule has 2 aromatic rings. The third kappa shape index (κ3) is 2.26. The largest absolute Gasteiger partial charge is 0.322 e. The summed E-state index contributed by atoms with van der Waals surface area (Å²) >= 11 is 5.04. The van der Waals surface area contributed by atoms with Gasteiger partial charge in [0.25, 0.3) is 5.91 Å². The van der Waals surface area contributed by atoms with Gasteiger partial charge in [0.1, 0.15) is 0 Å². The van der Waals surface area contributed by atoms with Crippen molar-refractivity contribution in [3.8, 4) is 0 Å². The predicted molar refractivity (Wildman–Crippen MR) is 78.8 cm³/mol. The fourth-order valence-corrected chi connectivity index (χ4v) is 3.38. The molecule has 1 aliphatic heterocycles. The number of nitrogens with one attached hydrogen (secondary N) is 1. The topological polar surface area (TPSA) is 29.1 Å². The van der Waals surface area contributed by atoms with Crippen molar-refractivity contribution in [1.29, 1.82) is 0 Å². The van der Waals surface area contributed by atoms with Crippen molar-refractivity contribution in [2.45, 2.75) is 6.42 Å². The number of thiophene rings is 1. The molecular formula is C14H10BrNOS. The molecule has 0 saturated heterocycles. The molecule has 1 aliphatic rings. The van der Waals surface area contributed by atoms with Crippen LogP contribution in [0.15, 0.2) is 45.8 Å². The highest BCUT2D eigenvalue weighted by molar-refractivity contribution is 9.10. The van der Waals surface area contributed by atoms with E-state index in [2.05, 4.69) is 21.2 Å². The van der Waals surface area contributed by atoms with Gasteiger partial charge in [-0.25, -0.2) is 0 Å². The lowest BCUT2D eigenvalue weighted by molar-refractivity contribution is -0.113. The number of carbonyl (C=O) groups excluding carboxylic acids is 1. The van der Waals surface area contributed by atoms with Crippen molar-refractivity contribution in [2.24, 2.45) is 0 Å². The zero-order valence-electron chi connectivity index (χ0n) is 9.44. The molecule has 1 aromatic heterocycles. The molecule has 2 heterocycles. The van der Waals surface area contributed by atoms with E-state index in [0.717, 1.165) is 20.6 Å². The van der Waals surface area contributed by atoms with Gasteiger partial charge in [0.2, 0.25) is 0 Å². The highest BCUT2D eigenvalue weighted by Gasteiger charge is 2.19. The molecule has 0 spiro atoms. The van der Waals surface area contributed by atoms with Crippen molar-refractivity contribution < 1.29 is 4.79 Å². The maximum absolute atomic E-state index is 12.0. The lowest BCUT2D eigenvalue weighted by Gasteiger charge is -2.18. The second-order valence-electron chi connectivity index (χ2n) is 4.12. The van der Waals surface area contributed by atoms with Crippen LogP contribution in [-0.2, 0) is 11.2 Å². The van der Waals surface area contributed by atoms with E-state index >= 15 is 0 Å². The van der Waals surface area contributed by atoms with E-state index in [9.17, 15) is 4.79 Å². The number of halogens is 1. The Hall–Kier alpha value is -1.39. The van der Waals surface area contributed by atoms with Gasteiger partial charge in [-0.1, -0.05) is 18.2 Å². The van der Waals surface area contributed by atoms with Gasteiger partial charge < -0.3 is 5.32 Å². The summed E-state index contributed by atoms with van der Waals surface area (Å²) in [4.78, 5) is 13.1. The molecule has 0 fully saturated rings. The average Bonchev–Trinajstić information content (AvgIpc) is 2.76. The number of amides is 1. The minimum Gasteiger partial charge on any atom is -0.322 e. The van der Waals surface area contributed by atoms with Gasteiger partial charge >= 0.3 is 0 Å². The summed E-state index contributed by atoms with van der Waals surface area (Å²) < 4.78 is 1.05. The van der Waals surface area contributed by atoms with Gasteiger partial charge in [-0.2, -0.15) is 0 Å². The zero-order valence-corrected chi connectivity index (χ0v) is 11.8. The van der Waals surface area contributed by atoms with Gasteiger partial charge in [-0.15, -0.1) is 11.3 Å². The monoisotopic (exact) mass is 319 g/mol. The van der Waals surface area contributed by atoms with Gasteiger partial charge in [-0.05, 0) is 39.7 Å². The number of rotatable bonds is 1. The molecule has 4 heteroatoms. The van der Waals surface area contributed by atoms with Crippen LogP contribution < -0.4 is 5.32 Å². The quantitative estimate of drug-likeness (QED) is 0.788. The van der Waals surface area contributed by atoms with Gasteiger partial charge in [0.05, 0.1) is 0 Å². The van der Waals surface area contributed by atoms with Crippen LogP contribution >= 0.6 is 27.3 Å². The Bertz CT molecular complexity index is 645. The molecule has 0 unspecified atom stereocenters. The predicted octanol–water partition coefficient (Wildman–Crippen LogP) is 4.09. The maximum atomic E-state index is 12.0. The highest BCUT2D eigenvalue weighted by Crippen LogP contribution is 2.28. The van der Waals surface area contributed by atoms with Crippen molar-refractivity contribution in [3.05, 3.63) is 56.2 Å². The van der Waals surface area contributed by atoms with E-state index in [1.54, 1.807) is 11.3 Å². The molecule has 1 N–H and O–H groups in total. The first-order chi connectivity index (χ1) is 8.72. The molecule has 2 nitrogen and oxygen atoms in total. The Morgan fingerprint density at radius 3 is 2.94 bits per heavy atom. The summed E-state index contributed by atoms with van der Waals surface area (Å²) in [6.45, 7) is 0. The fraction of sp³-hybridized carbons (Fsp3) is 0.0714. The van der Waals surface area contributed by atoms with E-state index in [1.807, 2.05) is 41.8 Å². The van der Waals surface area contributed by atoms with Crippen molar-refractivity contribution in [2.75, 3.05) is 5.32 Å². The standard InChI is InChI=1S/C14H10BrNOS/c15-11-7-12(18-8-11)6-10-5-9-3-1-2-4-13(9)16-14(10)17/h1-4,6-8H,5H2,(H,16,17). The molecule has 90 valence electrons. The Morgan fingerprint density at radius 2 is 2.17 bits per heavy atom. The SMILES string of the molecule is O=C1Nc2ccccc2CC1=Cc1cc(Br)cs1. The van der Waals surface area contributed by atoms with Gasteiger partial charge in [0.15, 0.2) is 0 Å². The highest BCUT2D eigenvalue weighted by atomic mass is 79.9. The van der Waals surface area contributed by atoms with Crippen LogP contribution in [0.2, 0.25) is 0 Å². The molecule has 1 amide bonds. The molecule has 3 rings (SSSR count). The summed E-state index contributed by atoms with van der Waals surface area (Å²) in [6, 6.07) is 9.93. The summed E-state index contributed by atoms with van der Waals surface area (Å²) in [5, 5.41) is 4.94. The van der Waals surface area contributed by atoms with Crippen LogP contribution in [0, 0.1) is 0 Å². The number of hydrogen-bond donors (Lipinski definition) is 1. The number of hydrogen-bond acceptors (Lipinski definition) is 2. The third-order valence-corrected chi connectivity index (χ3v) is 4.48. The first-order valence-corrected chi connectivity index (χ1v) is 7.23. The minimum atomic E-state index is -0.00165. The van der Waals surface area contributed by atoms with Crippen LogP contribution in [0.25, 0.3) is 6.08 Å². The Kier molecular flexibility index (Phi) is 3.06. The Morgan fingerprint density at radius 1 is 1.33 bits per heavy atom. The number of benzene rings is 1. The average molecular weight is 320 g/mol. The van der Waals surface area contributed by atoms with Crippen LogP contribution in [0.3, 0.4) is 0 Å². The van der Waals surface area contributed by atoms with Crippen LogP contribution in [0.4, 0.5) is 5.69 Å². The van der Waals surface area contributed by atoms with E-state index < -0.39 is 0 Å². The number of carbonyl (C=O) groups is 1. The lowest BCUT2D eigenvalue weighted by atomic mass is 9.98. The first kappa shape index (κ1) is 11.7. The molecule has 0 radical (unpaired) electrons. The molecule has 0 bridgehead atoms. The van der Waals surface area contributed by atoms with Gasteiger partial charge in [0, 0.05) is 32.4 Å². The normalized spacial score (nSPS) is 16.5. The van der Waals surface area contributed by atoms with Crippen molar-refractivity contribution >= 4 is 44.9 Å². The number of anilines is 1. The number of fused-ring (bicyclic) bond motifs is 1.